The Bertz CT molecular complexity index is 625. The van der Waals surface area contributed by atoms with E-state index in [1.54, 1.807) is 0 Å². The molecule has 0 spiro atoms. The van der Waals surface area contributed by atoms with E-state index in [9.17, 15) is 4.79 Å². The molecule has 2 N–H and O–H groups in total. The first-order chi connectivity index (χ1) is 9.74. The van der Waals surface area contributed by atoms with Crippen molar-refractivity contribution in [1.29, 1.82) is 0 Å². The average Bonchev–Trinajstić information content (AvgIpc) is 2.91. The number of rotatable bonds is 4. The predicted molar refractivity (Wildman–Crippen MR) is 76.0 cm³/mol. The molecule has 0 bridgehead atoms. The summed E-state index contributed by atoms with van der Waals surface area (Å²) in [4.78, 5) is 11.1. The van der Waals surface area contributed by atoms with Gasteiger partial charge in [-0.25, -0.2) is 4.79 Å². The molecule has 0 fully saturated rings. The van der Waals surface area contributed by atoms with E-state index in [2.05, 4.69) is 5.32 Å². The topological polar surface area (TPSA) is 58.6 Å². The molecular weight excluding hydrogens is 254 g/mol. The molecule has 0 aliphatic carbocycles. The second kappa shape index (κ2) is 5.25. The van der Waals surface area contributed by atoms with E-state index < -0.39 is 12.0 Å². The van der Waals surface area contributed by atoms with Gasteiger partial charge in [-0.15, -0.1) is 0 Å². The largest absolute Gasteiger partial charge is 0.489 e. The number of ether oxygens (including phenoxy) is 1. The quantitative estimate of drug-likeness (QED) is 0.896. The Labute approximate surface area is 117 Å². The molecule has 1 heterocycles. The molecule has 20 heavy (non-hydrogen) atoms. The van der Waals surface area contributed by atoms with Crippen molar-refractivity contribution in [2.45, 2.75) is 19.1 Å². The average molecular weight is 269 g/mol. The zero-order chi connectivity index (χ0) is 13.9. The number of benzene rings is 2. The molecule has 2 aromatic carbocycles. The van der Waals surface area contributed by atoms with Crippen LogP contribution in [-0.2, 0) is 17.8 Å². The molecule has 0 amide bonds. The first-order valence-electron chi connectivity index (χ1n) is 6.52. The highest BCUT2D eigenvalue weighted by molar-refractivity contribution is 5.81. The van der Waals surface area contributed by atoms with E-state index in [4.69, 9.17) is 9.84 Å². The van der Waals surface area contributed by atoms with Gasteiger partial charge < -0.3 is 15.2 Å². The van der Waals surface area contributed by atoms with Gasteiger partial charge in [0.05, 0.1) is 0 Å². The van der Waals surface area contributed by atoms with Crippen LogP contribution in [-0.4, -0.2) is 17.1 Å². The summed E-state index contributed by atoms with van der Waals surface area (Å²) < 4.78 is 5.74. The Morgan fingerprint density at radius 3 is 2.75 bits per heavy atom. The monoisotopic (exact) mass is 269 g/mol. The van der Waals surface area contributed by atoms with Crippen LogP contribution in [0.3, 0.4) is 0 Å². The zero-order valence-electron chi connectivity index (χ0n) is 10.9. The maximum absolute atomic E-state index is 11.1. The first kappa shape index (κ1) is 12.5. The molecule has 0 saturated heterocycles. The highest BCUT2D eigenvalue weighted by atomic mass is 16.5. The summed E-state index contributed by atoms with van der Waals surface area (Å²) in [5, 5.41) is 12.1. The number of aliphatic carboxylic acids is 1. The lowest BCUT2D eigenvalue weighted by molar-refractivity contribution is -0.137. The number of anilines is 1. The number of para-hydroxylation sites is 1. The van der Waals surface area contributed by atoms with Crippen molar-refractivity contribution >= 4 is 11.7 Å². The van der Waals surface area contributed by atoms with E-state index in [0.29, 0.717) is 13.0 Å². The van der Waals surface area contributed by atoms with E-state index in [1.807, 2.05) is 48.5 Å². The van der Waals surface area contributed by atoms with E-state index in [-0.39, 0.29) is 0 Å². The van der Waals surface area contributed by atoms with E-state index >= 15 is 0 Å². The van der Waals surface area contributed by atoms with Crippen molar-refractivity contribution in [3.05, 3.63) is 59.7 Å². The van der Waals surface area contributed by atoms with Crippen molar-refractivity contribution in [3.63, 3.8) is 0 Å². The van der Waals surface area contributed by atoms with Crippen LogP contribution >= 0.6 is 0 Å². The predicted octanol–water partition coefficient (Wildman–Crippen LogP) is 2.69. The fraction of sp³-hybridized carbons (Fsp3) is 0.188. The lowest BCUT2D eigenvalue weighted by Crippen LogP contribution is -2.26. The standard InChI is InChI=1S/C16H15NO3/c18-16(19)15-9-13-11(5-4-8-14(13)17-15)10-20-12-6-2-1-3-7-12/h1-8,15,17H,9-10H2,(H,18,19). The van der Waals surface area contributed by atoms with Crippen LogP contribution in [0.2, 0.25) is 0 Å². The second-order valence-electron chi connectivity index (χ2n) is 4.78. The number of hydrogen-bond acceptors (Lipinski definition) is 3. The van der Waals surface area contributed by atoms with Gasteiger partial charge in [0.2, 0.25) is 0 Å². The third kappa shape index (κ3) is 2.45. The van der Waals surface area contributed by atoms with Crippen LogP contribution in [0, 0.1) is 0 Å². The van der Waals surface area contributed by atoms with Crippen molar-refractivity contribution in [3.8, 4) is 5.75 Å². The van der Waals surface area contributed by atoms with Crippen LogP contribution in [0.1, 0.15) is 11.1 Å². The third-order valence-electron chi connectivity index (χ3n) is 3.45. The number of nitrogens with one attached hydrogen (secondary N) is 1. The SMILES string of the molecule is O=C(O)C1Cc2c(COc3ccccc3)cccc2N1. The van der Waals surface area contributed by atoms with Gasteiger partial charge in [0, 0.05) is 12.1 Å². The summed E-state index contributed by atoms with van der Waals surface area (Å²) in [5.41, 5.74) is 2.96. The molecule has 1 aliphatic heterocycles. The second-order valence-corrected chi connectivity index (χ2v) is 4.78. The lowest BCUT2D eigenvalue weighted by atomic mass is 10.0. The Kier molecular flexibility index (Phi) is 3.29. The fourth-order valence-electron chi connectivity index (χ4n) is 2.42. The van der Waals surface area contributed by atoms with Crippen molar-refractivity contribution < 1.29 is 14.6 Å². The van der Waals surface area contributed by atoms with Crippen LogP contribution in [0.25, 0.3) is 0 Å². The van der Waals surface area contributed by atoms with Crippen LogP contribution in [0.15, 0.2) is 48.5 Å². The Morgan fingerprint density at radius 2 is 2.00 bits per heavy atom. The molecular formula is C16H15NO3. The fourth-order valence-corrected chi connectivity index (χ4v) is 2.42. The van der Waals surface area contributed by atoms with Gasteiger partial charge in [0.1, 0.15) is 18.4 Å². The maximum atomic E-state index is 11.1. The van der Waals surface area contributed by atoms with Crippen LogP contribution in [0.5, 0.6) is 5.75 Å². The van der Waals surface area contributed by atoms with Gasteiger partial charge in [-0.05, 0) is 29.3 Å². The number of fused-ring (bicyclic) bond motifs is 1. The molecule has 1 atom stereocenters. The van der Waals surface area contributed by atoms with Gasteiger partial charge in [-0.2, -0.15) is 0 Å². The summed E-state index contributed by atoms with van der Waals surface area (Å²) in [5.74, 6) is -0.0121. The number of carboxylic acid groups (broad SMARTS) is 1. The van der Waals surface area contributed by atoms with Gasteiger partial charge in [0.15, 0.2) is 0 Å². The molecule has 1 aliphatic rings. The summed E-state index contributed by atoms with van der Waals surface area (Å²) in [6.07, 6.45) is 0.499. The molecule has 0 saturated carbocycles. The molecule has 0 radical (unpaired) electrons. The zero-order valence-corrected chi connectivity index (χ0v) is 10.9. The van der Waals surface area contributed by atoms with Crippen LogP contribution < -0.4 is 10.1 Å². The van der Waals surface area contributed by atoms with Gasteiger partial charge in [0.25, 0.3) is 0 Å². The lowest BCUT2D eigenvalue weighted by Gasteiger charge is -2.09. The maximum Gasteiger partial charge on any atom is 0.326 e. The van der Waals surface area contributed by atoms with Gasteiger partial charge >= 0.3 is 5.97 Å². The van der Waals surface area contributed by atoms with Crippen molar-refractivity contribution in [2.24, 2.45) is 0 Å². The smallest absolute Gasteiger partial charge is 0.326 e. The molecule has 3 rings (SSSR count). The van der Waals surface area contributed by atoms with Crippen LogP contribution in [0.4, 0.5) is 5.69 Å². The highest BCUT2D eigenvalue weighted by Crippen LogP contribution is 2.29. The molecule has 102 valence electrons. The third-order valence-corrected chi connectivity index (χ3v) is 3.45. The number of hydrogen-bond donors (Lipinski definition) is 2. The number of carboxylic acids is 1. The minimum atomic E-state index is -0.823. The molecule has 1 unspecified atom stereocenters. The molecule has 0 aromatic heterocycles. The first-order valence-corrected chi connectivity index (χ1v) is 6.52. The van der Waals surface area contributed by atoms with E-state index in [0.717, 1.165) is 22.6 Å². The molecule has 4 nitrogen and oxygen atoms in total. The number of carbonyl (C=O) groups is 1. The normalized spacial score (nSPS) is 16.3. The van der Waals surface area contributed by atoms with E-state index in [1.165, 1.54) is 0 Å². The molecule has 2 aromatic rings. The summed E-state index contributed by atoms with van der Waals surface area (Å²) in [6.45, 7) is 0.446. The Morgan fingerprint density at radius 1 is 1.20 bits per heavy atom. The molecule has 4 heteroatoms. The summed E-state index contributed by atoms with van der Waals surface area (Å²) >= 11 is 0. The van der Waals surface area contributed by atoms with Crippen molar-refractivity contribution in [2.75, 3.05) is 5.32 Å². The van der Waals surface area contributed by atoms with Crippen molar-refractivity contribution in [1.82, 2.24) is 0 Å². The minimum Gasteiger partial charge on any atom is -0.489 e. The Hall–Kier alpha value is -2.49. The van der Waals surface area contributed by atoms with Gasteiger partial charge in [-0.1, -0.05) is 30.3 Å². The Balaban J connectivity index is 1.76. The van der Waals surface area contributed by atoms with Gasteiger partial charge in [-0.3, -0.25) is 0 Å². The minimum absolute atomic E-state index is 0.446. The highest BCUT2D eigenvalue weighted by Gasteiger charge is 2.27. The summed E-state index contributed by atoms with van der Waals surface area (Å²) in [7, 11) is 0. The summed E-state index contributed by atoms with van der Waals surface area (Å²) in [6, 6.07) is 14.9.